The number of nitrogens with one attached hydrogen (secondary N) is 1. The summed E-state index contributed by atoms with van der Waals surface area (Å²) in [7, 11) is 1.78. The predicted octanol–water partition coefficient (Wildman–Crippen LogP) is 0.467. The van der Waals surface area contributed by atoms with Gasteiger partial charge in [-0.1, -0.05) is 27.2 Å². The van der Waals surface area contributed by atoms with Crippen LogP contribution in [0.2, 0.25) is 0 Å². The lowest BCUT2D eigenvalue weighted by Gasteiger charge is -2.40. The van der Waals surface area contributed by atoms with Crippen LogP contribution in [0.25, 0.3) is 0 Å². The molecule has 1 aromatic heterocycles. The van der Waals surface area contributed by atoms with Gasteiger partial charge in [0.2, 0.25) is 11.8 Å². The lowest BCUT2D eigenvalue weighted by atomic mass is 9.96. The molecule has 0 saturated carbocycles. The number of rotatable bonds is 5. The van der Waals surface area contributed by atoms with Crippen LogP contribution in [0.1, 0.15) is 39.4 Å². The normalized spacial score (nSPS) is 22.8. The van der Waals surface area contributed by atoms with Crippen molar-refractivity contribution in [3.05, 3.63) is 12.2 Å². The van der Waals surface area contributed by atoms with E-state index in [1.807, 2.05) is 20.8 Å². The molecule has 2 unspecified atom stereocenters. The fourth-order valence-electron chi connectivity index (χ4n) is 2.60. The first-order valence-corrected chi connectivity index (χ1v) is 7.39. The molecular formula is C14H23N5O2. The number of nitrogens with zero attached hydrogens (tertiary/aromatic N) is 4. The molecule has 7 heteroatoms. The van der Waals surface area contributed by atoms with Gasteiger partial charge in [0.1, 0.15) is 24.2 Å². The van der Waals surface area contributed by atoms with Gasteiger partial charge in [-0.2, -0.15) is 5.10 Å². The molecule has 0 spiro atoms. The zero-order valence-corrected chi connectivity index (χ0v) is 13.0. The summed E-state index contributed by atoms with van der Waals surface area (Å²) in [5.74, 6) is 0.635. The molecule has 1 aliphatic heterocycles. The smallest absolute Gasteiger partial charge is 0.246 e. The van der Waals surface area contributed by atoms with Gasteiger partial charge in [0.15, 0.2) is 0 Å². The van der Waals surface area contributed by atoms with E-state index in [1.165, 1.54) is 6.33 Å². The van der Waals surface area contributed by atoms with Crippen LogP contribution in [0.3, 0.4) is 0 Å². The van der Waals surface area contributed by atoms with Crippen molar-refractivity contribution < 1.29 is 9.59 Å². The summed E-state index contributed by atoms with van der Waals surface area (Å²) >= 11 is 0. The van der Waals surface area contributed by atoms with Crippen LogP contribution in [0, 0.1) is 5.92 Å². The Hall–Kier alpha value is -1.92. The van der Waals surface area contributed by atoms with Crippen LogP contribution in [0.15, 0.2) is 6.33 Å². The summed E-state index contributed by atoms with van der Waals surface area (Å²) in [5, 5.41) is 6.87. The van der Waals surface area contributed by atoms with E-state index in [2.05, 4.69) is 15.4 Å². The molecule has 2 rings (SSSR count). The molecule has 1 aromatic rings. The van der Waals surface area contributed by atoms with Gasteiger partial charge in [0.25, 0.3) is 0 Å². The molecule has 0 bridgehead atoms. The lowest BCUT2D eigenvalue weighted by molar-refractivity contribution is -0.151. The van der Waals surface area contributed by atoms with E-state index in [0.29, 0.717) is 18.8 Å². The van der Waals surface area contributed by atoms with Crippen molar-refractivity contribution in [3.8, 4) is 0 Å². The van der Waals surface area contributed by atoms with Crippen LogP contribution in [0.4, 0.5) is 0 Å². The minimum Gasteiger partial charge on any atom is -0.342 e. The van der Waals surface area contributed by atoms with E-state index in [4.69, 9.17) is 0 Å². The summed E-state index contributed by atoms with van der Waals surface area (Å²) in [6.07, 6.45) is 2.95. The molecule has 2 heterocycles. The Morgan fingerprint density at radius 2 is 2.10 bits per heavy atom. The average molecular weight is 293 g/mol. The molecule has 0 aliphatic carbocycles. The summed E-state index contributed by atoms with van der Waals surface area (Å²) in [6.45, 7) is 6.19. The Kier molecular flexibility index (Phi) is 4.59. The fourth-order valence-corrected chi connectivity index (χ4v) is 2.60. The van der Waals surface area contributed by atoms with Crippen LogP contribution < -0.4 is 5.32 Å². The zero-order valence-electron chi connectivity index (χ0n) is 13.0. The number of piperazine rings is 1. The first-order chi connectivity index (χ1) is 9.95. The number of amides is 2. The van der Waals surface area contributed by atoms with E-state index in [-0.39, 0.29) is 17.7 Å². The molecule has 1 N–H and O–H groups in total. The van der Waals surface area contributed by atoms with Crippen LogP contribution in [-0.2, 0) is 23.2 Å². The fraction of sp³-hybridized carbons (Fsp3) is 0.714. The van der Waals surface area contributed by atoms with Gasteiger partial charge < -0.3 is 10.2 Å². The molecule has 1 saturated heterocycles. The Morgan fingerprint density at radius 1 is 1.38 bits per heavy atom. The summed E-state index contributed by atoms with van der Waals surface area (Å²) in [4.78, 5) is 30.8. The maximum Gasteiger partial charge on any atom is 0.246 e. The highest BCUT2D eigenvalue weighted by Crippen LogP contribution is 2.20. The van der Waals surface area contributed by atoms with E-state index in [0.717, 1.165) is 6.42 Å². The highest BCUT2D eigenvalue weighted by Gasteiger charge is 2.41. The Morgan fingerprint density at radius 3 is 2.62 bits per heavy atom. The summed E-state index contributed by atoms with van der Waals surface area (Å²) < 4.78 is 1.63. The molecule has 1 aliphatic rings. The molecule has 2 atom stereocenters. The topological polar surface area (TPSA) is 80.1 Å². The Labute approximate surface area is 124 Å². The number of carbonyl (C=O) groups excluding carboxylic acids is 2. The molecular weight excluding hydrogens is 270 g/mol. The van der Waals surface area contributed by atoms with Gasteiger partial charge in [0.05, 0.1) is 6.54 Å². The average Bonchev–Trinajstić information content (AvgIpc) is 2.82. The van der Waals surface area contributed by atoms with Crippen molar-refractivity contribution in [1.82, 2.24) is 25.0 Å². The van der Waals surface area contributed by atoms with Gasteiger partial charge >= 0.3 is 0 Å². The van der Waals surface area contributed by atoms with Crippen molar-refractivity contribution in [3.63, 3.8) is 0 Å². The van der Waals surface area contributed by atoms with Crippen molar-refractivity contribution in [2.75, 3.05) is 0 Å². The number of hydrogen-bond acceptors (Lipinski definition) is 4. The summed E-state index contributed by atoms with van der Waals surface area (Å²) in [5.41, 5.74) is 0. The third-order valence-corrected chi connectivity index (χ3v) is 3.87. The van der Waals surface area contributed by atoms with Gasteiger partial charge in [-0.3, -0.25) is 14.3 Å². The Balaban J connectivity index is 2.27. The number of aromatic nitrogens is 3. The van der Waals surface area contributed by atoms with Gasteiger partial charge in [-0.05, 0) is 12.3 Å². The first-order valence-electron chi connectivity index (χ1n) is 7.39. The molecule has 1 fully saturated rings. The largest absolute Gasteiger partial charge is 0.342 e. The predicted molar refractivity (Wildman–Crippen MR) is 77.0 cm³/mol. The monoisotopic (exact) mass is 293 g/mol. The second-order valence-electron chi connectivity index (χ2n) is 5.80. The van der Waals surface area contributed by atoms with E-state index in [9.17, 15) is 9.59 Å². The molecule has 116 valence electrons. The summed E-state index contributed by atoms with van der Waals surface area (Å²) in [6, 6.07) is -0.881. The van der Waals surface area contributed by atoms with Crippen LogP contribution in [-0.4, -0.2) is 43.6 Å². The number of hydrogen-bond donors (Lipinski definition) is 1. The standard InChI is InChI=1S/C14H23N5O2/c1-5-6-10-13(20)17-12(9(2)3)14(21)19(10)7-11-15-8-16-18(11)4/h8-10,12H,5-7H2,1-4H3,(H,17,20). The Bertz CT molecular complexity index is 525. The maximum atomic E-state index is 12.7. The maximum absolute atomic E-state index is 12.7. The zero-order chi connectivity index (χ0) is 15.6. The SMILES string of the molecule is CCCC1C(=O)NC(C(C)C)C(=O)N1Cc1ncnn1C. The van der Waals surface area contributed by atoms with Gasteiger partial charge in [-0.15, -0.1) is 0 Å². The van der Waals surface area contributed by atoms with E-state index >= 15 is 0 Å². The third-order valence-electron chi connectivity index (χ3n) is 3.87. The highest BCUT2D eigenvalue weighted by molar-refractivity contribution is 5.97. The second kappa shape index (κ2) is 6.24. The van der Waals surface area contributed by atoms with E-state index in [1.54, 1.807) is 16.6 Å². The van der Waals surface area contributed by atoms with E-state index < -0.39 is 12.1 Å². The minimum absolute atomic E-state index is 0.0361. The van der Waals surface area contributed by atoms with Crippen molar-refractivity contribution in [2.24, 2.45) is 13.0 Å². The third kappa shape index (κ3) is 3.06. The van der Waals surface area contributed by atoms with Crippen LogP contribution >= 0.6 is 0 Å². The molecule has 0 radical (unpaired) electrons. The number of aryl methyl sites for hydroxylation is 1. The molecule has 0 aromatic carbocycles. The quantitative estimate of drug-likeness (QED) is 0.855. The van der Waals surface area contributed by atoms with Crippen molar-refractivity contribution in [2.45, 2.75) is 52.2 Å². The highest BCUT2D eigenvalue weighted by atomic mass is 16.2. The first kappa shape index (κ1) is 15.5. The van der Waals surface area contributed by atoms with Crippen molar-refractivity contribution >= 4 is 11.8 Å². The molecule has 2 amide bonds. The molecule has 21 heavy (non-hydrogen) atoms. The second-order valence-corrected chi connectivity index (χ2v) is 5.80. The van der Waals surface area contributed by atoms with Crippen LogP contribution in [0.5, 0.6) is 0 Å². The minimum atomic E-state index is -0.459. The number of carbonyl (C=O) groups is 2. The van der Waals surface area contributed by atoms with Gasteiger partial charge in [-0.25, -0.2) is 4.98 Å². The lowest BCUT2D eigenvalue weighted by Crippen LogP contribution is -2.64. The molecule has 7 nitrogen and oxygen atoms in total. The van der Waals surface area contributed by atoms with Gasteiger partial charge in [0, 0.05) is 7.05 Å². The van der Waals surface area contributed by atoms with Crippen molar-refractivity contribution in [1.29, 1.82) is 0 Å².